The lowest BCUT2D eigenvalue weighted by Crippen LogP contribution is -2.18. The molecule has 76 valence electrons. The van der Waals surface area contributed by atoms with Gasteiger partial charge in [-0.3, -0.25) is 0 Å². The van der Waals surface area contributed by atoms with Gasteiger partial charge in [-0.2, -0.15) is 0 Å². The zero-order valence-corrected chi connectivity index (χ0v) is 8.56. The molecule has 3 heteroatoms. The van der Waals surface area contributed by atoms with Gasteiger partial charge in [0.2, 0.25) is 0 Å². The van der Waals surface area contributed by atoms with Crippen LogP contribution >= 0.6 is 0 Å². The van der Waals surface area contributed by atoms with Crippen LogP contribution in [0.4, 0.5) is 0 Å². The van der Waals surface area contributed by atoms with Crippen molar-refractivity contribution in [2.24, 2.45) is 0 Å². The van der Waals surface area contributed by atoms with Gasteiger partial charge in [0.15, 0.2) is 0 Å². The van der Waals surface area contributed by atoms with E-state index in [-0.39, 0.29) is 5.97 Å². The molecule has 1 N–H and O–H groups in total. The number of hydrogen-bond acceptors (Lipinski definition) is 3. The Labute approximate surface area is 80.2 Å². The fourth-order valence-electron chi connectivity index (χ4n) is 0.912. The zero-order chi connectivity index (χ0) is 10.1. The van der Waals surface area contributed by atoms with Gasteiger partial charge in [0.25, 0.3) is 0 Å². The number of nitrogens with one attached hydrogen (secondary N) is 1. The van der Waals surface area contributed by atoms with Crippen LogP contribution in [-0.2, 0) is 9.53 Å². The van der Waals surface area contributed by atoms with Crippen molar-refractivity contribution < 1.29 is 9.53 Å². The molecule has 0 heterocycles. The van der Waals surface area contributed by atoms with Crippen molar-refractivity contribution in [2.75, 3.05) is 20.2 Å². The van der Waals surface area contributed by atoms with Gasteiger partial charge in [-0.15, -0.1) is 0 Å². The second kappa shape index (κ2) is 7.80. The van der Waals surface area contributed by atoms with Crippen LogP contribution in [0.3, 0.4) is 0 Å². The summed E-state index contributed by atoms with van der Waals surface area (Å²) in [7, 11) is 1.37. The number of carbonyl (C=O) groups is 1. The van der Waals surface area contributed by atoms with E-state index in [2.05, 4.69) is 23.6 Å². The number of carbonyl (C=O) groups excluding carboxylic acids is 1. The monoisotopic (exact) mass is 185 g/mol. The Balaban J connectivity index is 3.32. The third-order valence-electron chi connectivity index (χ3n) is 1.78. The van der Waals surface area contributed by atoms with Gasteiger partial charge in [-0.1, -0.05) is 19.9 Å². The van der Waals surface area contributed by atoms with Gasteiger partial charge < -0.3 is 10.1 Å². The molecule has 0 radical (unpaired) electrons. The highest BCUT2D eigenvalue weighted by molar-refractivity contribution is 5.87. The van der Waals surface area contributed by atoms with Crippen molar-refractivity contribution in [1.29, 1.82) is 0 Å². The van der Waals surface area contributed by atoms with Gasteiger partial charge in [0.1, 0.15) is 0 Å². The fraction of sp³-hybridized carbons (Fsp3) is 0.700. The molecular weight excluding hydrogens is 166 g/mol. The standard InChI is InChI=1S/C10H19NO2/c1-4-5-7-11-8-6-9(2)10(12)13-3/h11H,2,4-8H2,1,3H3. The molecule has 0 unspecified atom stereocenters. The molecule has 0 amide bonds. The van der Waals surface area contributed by atoms with E-state index in [0.717, 1.165) is 13.1 Å². The Morgan fingerprint density at radius 2 is 2.15 bits per heavy atom. The first-order chi connectivity index (χ1) is 6.22. The molecule has 0 aromatic carbocycles. The minimum atomic E-state index is -0.308. The van der Waals surface area contributed by atoms with Crippen molar-refractivity contribution in [1.82, 2.24) is 5.32 Å². The molecule has 0 aliphatic heterocycles. The van der Waals surface area contributed by atoms with E-state index in [1.807, 2.05) is 0 Å². The Bertz CT molecular complexity index is 166. The largest absolute Gasteiger partial charge is 0.466 e. The first-order valence-electron chi connectivity index (χ1n) is 4.69. The highest BCUT2D eigenvalue weighted by Gasteiger charge is 2.04. The van der Waals surface area contributed by atoms with Crippen molar-refractivity contribution in [3.8, 4) is 0 Å². The number of hydrogen-bond donors (Lipinski definition) is 1. The maximum Gasteiger partial charge on any atom is 0.333 e. The molecule has 13 heavy (non-hydrogen) atoms. The van der Waals surface area contributed by atoms with Crippen LogP contribution in [0.1, 0.15) is 26.2 Å². The van der Waals surface area contributed by atoms with E-state index in [1.165, 1.54) is 20.0 Å². The summed E-state index contributed by atoms with van der Waals surface area (Å²) >= 11 is 0. The Morgan fingerprint density at radius 1 is 1.46 bits per heavy atom. The van der Waals surface area contributed by atoms with Crippen molar-refractivity contribution >= 4 is 5.97 Å². The SMILES string of the molecule is C=C(CCNCCCC)C(=O)OC. The van der Waals surface area contributed by atoms with Gasteiger partial charge in [0, 0.05) is 5.57 Å². The average Bonchev–Trinajstić information content (AvgIpc) is 2.16. The lowest BCUT2D eigenvalue weighted by atomic mass is 10.2. The molecule has 0 aliphatic carbocycles. The molecule has 0 aromatic heterocycles. The van der Waals surface area contributed by atoms with Crippen molar-refractivity contribution in [3.05, 3.63) is 12.2 Å². The van der Waals surface area contributed by atoms with Crippen LogP contribution in [0.2, 0.25) is 0 Å². The molecule has 0 aliphatic rings. The lowest BCUT2D eigenvalue weighted by Gasteiger charge is -2.04. The van der Waals surface area contributed by atoms with Crippen LogP contribution < -0.4 is 5.32 Å². The van der Waals surface area contributed by atoms with Crippen LogP contribution in [0.25, 0.3) is 0 Å². The van der Waals surface area contributed by atoms with Crippen molar-refractivity contribution in [3.63, 3.8) is 0 Å². The summed E-state index contributed by atoms with van der Waals surface area (Å²) in [5.74, 6) is -0.308. The highest BCUT2D eigenvalue weighted by atomic mass is 16.5. The van der Waals surface area contributed by atoms with Gasteiger partial charge in [-0.25, -0.2) is 4.79 Å². The summed E-state index contributed by atoms with van der Waals surface area (Å²) in [6.45, 7) is 7.58. The van der Waals surface area contributed by atoms with E-state index < -0.39 is 0 Å². The maximum atomic E-state index is 10.9. The summed E-state index contributed by atoms with van der Waals surface area (Å²) in [5.41, 5.74) is 0.534. The molecule has 0 fully saturated rings. The Kier molecular flexibility index (Phi) is 7.30. The minimum Gasteiger partial charge on any atom is -0.466 e. The van der Waals surface area contributed by atoms with E-state index in [0.29, 0.717) is 12.0 Å². The van der Waals surface area contributed by atoms with E-state index in [9.17, 15) is 4.79 Å². The van der Waals surface area contributed by atoms with E-state index >= 15 is 0 Å². The second-order valence-corrected chi connectivity index (χ2v) is 2.95. The van der Waals surface area contributed by atoms with Crippen LogP contribution in [0.15, 0.2) is 12.2 Å². The van der Waals surface area contributed by atoms with Gasteiger partial charge in [0.05, 0.1) is 7.11 Å². The van der Waals surface area contributed by atoms with Crippen LogP contribution in [0.5, 0.6) is 0 Å². The van der Waals surface area contributed by atoms with Crippen molar-refractivity contribution in [2.45, 2.75) is 26.2 Å². The quantitative estimate of drug-likeness (QED) is 0.371. The number of rotatable bonds is 7. The number of esters is 1. The molecule has 0 saturated carbocycles. The molecule has 0 saturated heterocycles. The molecule has 0 atom stereocenters. The third-order valence-corrected chi connectivity index (χ3v) is 1.78. The summed E-state index contributed by atoms with van der Waals surface area (Å²) in [4.78, 5) is 10.9. The topological polar surface area (TPSA) is 38.3 Å². The van der Waals surface area contributed by atoms with E-state index in [1.54, 1.807) is 0 Å². The average molecular weight is 185 g/mol. The molecular formula is C10H19NO2. The number of unbranched alkanes of at least 4 members (excludes halogenated alkanes) is 1. The first kappa shape index (κ1) is 12.2. The zero-order valence-electron chi connectivity index (χ0n) is 8.56. The Morgan fingerprint density at radius 3 is 2.69 bits per heavy atom. The summed E-state index contributed by atoms with van der Waals surface area (Å²) in [6, 6.07) is 0. The molecule has 3 nitrogen and oxygen atoms in total. The maximum absolute atomic E-state index is 10.9. The third kappa shape index (κ3) is 6.34. The smallest absolute Gasteiger partial charge is 0.333 e. The first-order valence-corrected chi connectivity index (χ1v) is 4.69. The van der Waals surface area contributed by atoms with Gasteiger partial charge >= 0.3 is 5.97 Å². The molecule has 0 rings (SSSR count). The van der Waals surface area contributed by atoms with Crippen LogP contribution in [0, 0.1) is 0 Å². The molecule has 0 spiro atoms. The second-order valence-electron chi connectivity index (χ2n) is 2.95. The summed E-state index contributed by atoms with van der Waals surface area (Å²) in [6.07, 6.45) is 3.02. The normalized spacial score (nSPS) is 9.69. The number of methoxy groups -OCH3 is 1. The predicted octanol–water partition coefficient (Wildman–Crippen LogP) is 1.50. The summed E-state index contributed by atoms with van der Waals surface area (Å²) in [5, 5.41) is 3.23. The predicted molar refractivity (Wildman–Crippen MR) is 53.6 cm³/mol. The van der Waals surface area contributed by atoms with Gasteiger partial charge in [-0.05, 0) is 25.9 Å². The number of ether oxygens (including phenoxy) is 1. The highest BCUT2D eigenvalue weighted by Crippen LogP contribution is 1.98. The minimum absolute atomic E-state index is 0.308. The molecule has 0 bridgehead atoms. The summed E-state index contributed by atoms with van der Waals surface area (Å²) < 4.78 is 4.52. The van der Waals surface area contributed by atoms with E-state index in [4.69, 9.17) is 0 Å². The molecule has 0 aromatic rings. The lowest BCUT2D eigenvalue weighted by molar-refractivity contribution is -0.136. The fourth-order valence-corrected chi connectivity index (χ4v) is 0.912. The Hall–Kier alpha value is -0.830. The van der Waals surface area contributed by atoms with Crippen LogP contribution in [-0.4, -0.2) is 26.2 Å².